The first-order chi connectivity index (χ1) is 11.7. The molecule has 0 saturated heterocycles. The molecule has 2 heterocycles. The van der Waals surface area contributed by atoms with Gasteiger partial charge in [0.15, 0.2) is 0 Å². The highest BCUT2D eigenvalue weighted by molar-refractivity contribution is 9.10. The molecule has 2 aromatic heterocycles. The fourth-order valence-corrected chi connectivity index (χ4v) is 3.57. The molecule has 0 aliphatic heterocycles. The van der Waals surface area contributed by atoms with Gasteiger partial charge in [-0.1, -0.05) is 23.4 Å². The maximum absolute atomic E-state index is 13.9. The normalized spacial score (nSPS) is 11.9. The van der Waals surface area contributed by atoms with E-state index in [1.807, 2.05) is 0 Å². The van der Waals surface area contributed by atoms with Crippen LogP contribution in [0.25, 0.3) is 10.9 Å². The maximum Gasteiger partial charge on any atom is 0.262 e. The van der Waals surface area contributed by atoms with Crippen molar-refractivity contribution in [3.63, 3.8) is 0 Å². The molecule has 0 saturated carbocycles. The molecule has 130 valence electrons. The van der Waals surface area contributed by atoms with E-state index in [2.05, 4.69) is 30.9 Å². The van der Waals surface area contributed by atoms with Crippen LogP contribution in [0.4, 0.5) is 4.39 Å². The van der Waals surface area contributed by atoms with Crippen molar-refractivity contribution in [3.05, 3.63) is 50.8 Å². The van der Waals surface area contributed by atoms with Crippen LogP contribution >= 0.6 is 39.3 Å². The quantitative estimate of drug-likeness (QED) is 0.594. The zero-order valence-corrected chi connectivity index (χ0v) is 16.5. The number of hydrogen-bond donors (Lipinski definition) is 0. The zero-order chi connectivity index (χ0) is 18.2. The Morgan fingerprint density at radius 2 is 2.04 bits per heavy atom. The van der Waals surface area contributed by atoms with Gasteiger partial charge in [0.05, 0.1) is 41.2 Å². The SMILES string of the molecule is CC(C)(F)Cn1cnc2ccc(Sc3cnc(Br)cn3)c(Cl)c2c1=O. The lowest BCUT2D eigenvalue weighted by Gasteiger charge is -2.16. The zero-order valence-electron chi connectivity index (χ0n) is 13.3. The van der Waals surface area contributed by atoms with Gasteiger partial charge in [-0.05, 0) is 41.9 Å². The van der Waals surface area contributed by atoms with Crippen LogP contribution in [-0.2, 0) is 6.54 Å². The molecule has 3 aromatic rings. The number of hydrogen-bond acceptors (Lipinski definition) is 5. The first-order valence-electron chi connectivity index (χ1n) is 7.26. The standard InChI is InChI=1S/C16H13BrClFN4OS/c1-16(2,19)7-23-8-22-9-3-4-10(14(18)13(9)15(23)24)25-12-6-20-11(17)5-21-12/h3-6,8H,7H2,1-2H3. The molecule has 25 heavy (non-hydrogen) atoms. The number of halogens is 3. The van der Waals surface area contributed by atoms with E-state index in [1.165, 1.54) is 36.5 Å². The van der Waals surface area contributed by atoms with Crippen molar-refractivity contribution < 1.29 is 4.39 Å². The Hall–Kier alpha value is -1.51. The number of fused-ring (bicyclic) bond motifs is 1. The number of aromatic nitrogens is 4. The Kier molecular flexibility index (Phi) is 5.13. The minimum atomic E-state index is -1.54. The number of benzene rings is 1. The van der Waals surface area contributed by atoms with Crippen molar-refractivity contribution >= 4 is 50.2 Å². The molecule has 0 aliphatic carbocycles. The summed E-state index contributed by atoms with van der Waals surface area (Å²) in [6, 6.07) is 3.48. The van der Waals surface area contributed by atoms with Gasteiger partial charge < -0.3 is 0 Å². The van der Waals surface area contributed by atoms with Gasteiger partial charge in [0.2, 0.25) is 0 Å². The smallest absolute Gasteiger partial charge is 0.262 e. The second-order valence-corrected chi connectivity index (χ2v) is 8.20. The van der Waals surface area contributed by atoms with E-state index in [0.717, 1.165) is 0 Å². The predicted molar refractivity (Wildman–Crippen MR) is 100 cm³/mol. The lowest BCUT2D eigenvalue weighted by molar-refractivity contribution is 0.184. The summed E-state index contributed by atoms with van der Waals surface area (Å²) in [6.07, 6.45) is 4.52. The lowest BCUT2D eigenvalue weighted by Crippen LogP contribution is -2.30. The predicted octanol–water partition coefficient (Wildman–Crippen LogP) is 4.50. The first-order valence-corrected chi connectivity index (χ1v) is 9.25. The highest BCUT2D eigenvalue weighted by Gasteiger charge is 2.19. The van der Waals surface area contributed by atoms with Crippen molar-refractivity contribution in [3.8, 4) is 0 Å². The summed E-state index contributed by atoms with van der Waals surface area (Å²) in [4.78, 5) is 25.9. The molecule has 0 amide bonds. The van der Waals surface area contributed by atoms with Crippen molar-refractivity contribution in [2.24, 2.45) is 0 Å². The van der Waals surface area contributed by atoms with E-state index < -0.39 is 5.67 Å². The molecule has 0 N–H and O–H groups in total. The van der Waals surface area contributed by atoms with Gasteiger partial charge in [-0.15, -0.1) is 0 Å². The topological polar surface area (TPSA) is 60.7 Å². The van der Waals surface area contributed by atoms with Crippen molar-refractivity contribution in [1.29, 1.82) is 0 Å². The van der Waals surface area contributed by atoms with Crippen LogP contribution in [0.1, 0.15) is 13.8 Å². The van der Waals surface area contributed by atoms with Gasteiger partial charge in [0.25, 0.3) is 5.56 Å². The van der Waals surface area contributed by atoms with Gasteiger partial charge >= 0.3 is 0 Å². The number of alkyl halides is 1. The molecule has 0 radical (unpaired) electrons. The van der Waals surface area contributed by atoms with E-state index >= 15 is 0 Å². The Morgan fingerprint density at radius 3 is 2.68 bits per heavy atom. The molecule has 0 atom stereocenters. The van der Waals surface area contributed by atoms with E-state index in [9.17, 15) is 9.18 Å². The fraction of sp³-hybridized carbons (Fsp3) is 0.250. The second kappa shape index (κ2) is 7.01. The molecule has 5 nitrogen and oxygen atoms in total. The molecule has 9 heteroatoms. The minimum absolute atomic E-state index is 0.0966. The van der Waals surface area contributed by atoms with Crippen LogP contribution in [0.5, 0.6) is 0 Å². The molecule has 0 unspecified atom stereocenters. The highest BCUT2D eigenvalue weighted by Crippen LogP contribution is 2.35. The van der Waals surface area contributed by atoms with Crippen molar-refractivity contribution in [2.75, 3.05) is 0 Å². The van der Waals surface area contributed by atoms with Crippen LogP contribution in [0, 0.1) is 0 Å². The summed E-state index contributed by atoms with van der Waals surface area (Å²) < 4.78 is 15.8. The Morgan fingerprint density at radius 1 is 1.28 bits per heavy atom. The maximum atomic E-state index is 13.9. The molecule has 0 spiro atoms. The van der Waals surface area contributed by atoms with E-state index in [4.69, 9.17) is 11.6 Å². The molecule has 1 aromatic carbocycles. The van der Waals surface area contributed by atoms with Gasteiger partial charge in [0.1, 0.15) is 15.3 Å². The molecular weight excluding hydrogens is 431 g/mol. The average molecular weight is 444 g/mol. The second-order valence-electron chi connectivity index (χ2n) is 5.95. The summed E-state index contributed by atoms with van der Waals surface area (Å²) in [5, 5.41) is 1.18. The monoisotopic (exact) mass is 442 g/mol. The average Bonchev–Trinajstić information content (AvgIpc) is 2.53. The Labute approximate surface area is 160 Å². The fourth-order valence-electron chi connectivity index (χ4n) is 2.25. The third-order valence-corrected chi connectivity index (χ3v) is 5.15. The van der Waals surface area contributed by atoms with Gasteiger partial charge in [-0.2, -0.15) is 0 Å². The van der Waals surface area contributed by atoms with Gasteiger partial charge in [-0.25, -0.2) is 19.3 Å². The van der Waals surface area contributed by atoms with Crippen LogP contribution in [0.3, 0.4) is 0 Å². The van der Waals surface area contributed by atoms with Gasteiger partial charge in [-0.3, -0.25) is 9.36 Å². The minimum Gasteiger partial charge on any atom is -0.295 e. The number of nitrogens with zero attached hydrogens (tertiary/aromatic N) is 4. The molecule has 0 aliphatic rings. The number of rotatable bonds is 4. The van der Waals surface area contributed by atoms with E-state index in [0.29, 0.717) is 20.0 Å². The summed E-state index contributed by atoms with van der Waals surface area (Å²) in [5.41, 5.74) is -1.44. The van der Waals surface area contributed by atoms with Crippen LogP contribution in [0.2, 0.25) is 5.02 Å². The Balaban J connectivity index is 2.07. The largest absolute Gasteiger partial charge is 0.295 e. The molecule has 3 rings (SSSR count). The van der Waals surface area contributed by atoms with Crippen LogP contribution in [0.15, 0.2) is 50.2 Å². The third-order valence-electron chi connectivity index (χ3n) is 3.25. The first kappa shape index (κ1) is 18.3. The summed E-state index contributed by atoms with van der Waals surface area (Å²) in [5.74, 6) is 0. The molecule has 0 fully saturated rings. The van der Waals surface area contributed by atoms with Crippen molar-refractivity contribution in [1.82, 2.24) is 19.5 Å². The summed E-state index contributed by atoms with van der Waals surface area (Å²) in [6.45, 7) is 2.72. The lowest BCUT2D eigenvalue weighted by atomic mass is 10.1. The summed E-state index contributed by atoms with van der Waals surface area (Å²) in [7, 11) is 0. The van der Waals surface area contributed by atoms with Crippen LogP contribution in [-0.4, -0.2) is 25.2 Å². The molecule has 0 bridgehead atoms. The van der Waals surface area contributed by atoms with Crippen molar-refractivity contribution in [2.45, 2.75) is 36.0 Å². The third kappa shape index (κ3) is 4.19. The van der Waals surface area contributed by atoms with E-state index in [1.54, 1.807) is 24.5 Å². The highest BCUT2D eigenvalue weighted by atomic mass is 79.9. The summed E-state index contributed by atoms with van der Waals surface area (Å²) >= 11 is 11.0. The van der Waals surface area contributed by atoms with Gasteiger partial charge in [0, 0.05) is 4.90 Å². The van der Waals surface area contributed by atoms with Crippen LogP contribution < -0.4 is 5.56 Å². The van der Waals surface area contributed by atoms with E-state index in [-0.39, 0.29) is 22.5 Å². The Bertz CT molecular complexity index is 988. The molecular formula is C16H13BrClFN4OS.